The molecule has 2 N–H and O–H groups in total. The maximum absolute atomic E-state index is 12.2. The smallest absolute Gasteiger partial charge is 0.286 e. The summed E-state index contributed by atoms with van der Waals surface area (Å²) in [6.45, 7) is 0.373. The molecule has 2 amide bonds. The SMILES string of the molecule is CN(C)c1ccc(CNC(=O)c2nnc(C(=O)Nc3ccccc3)s2)cc1. The van der Waals surface area contributed by atoms with E-state index in [1.165, 1.54) is 0 Å². The van der Waals surface area contributed by atoms with Crippen LogP contribution in [0.4, 0.5) is 11.4 Å². The number of carbonyl (C=O) groups is 2. The first-order valence-electron chi connectivity index (χ1n) is 8.27. The van der Waals surface area contributed by atoms with E-state index >= 15 is 0 Å². The van der Waals surface area contributed by atoms with Crippen molar-refractivity contribution in [3.8, 4) is 0 Å². The van der Waals surface area contributed by atoms with E-state index in [1.54, 1.807) is 12.1 Å². The zero-order valence-electron chi connectivity index (χ0n) is 15.0. The summed E-state index contributed by atoms with van der Waals surface area (Å²) in [5.41, 5.74) is 2.72. The Kier molecular flexibility index (Phi) is 5.77. The molecule has 3 aromatic rings. The minimum Gasteiger partial charge on any atom is -0.378 e. The predicted molar refractivity (Wildman–Crippen MR) is 106 cm³/mol. The Bertz CT molecular complexity index is 923. The van der Waals surface area contributed by atoms with Crippen molar-refractivity contribution < 1.29 is 9.59 Å². The lowest BCUT2D eigenvalue weighted by molar-refractivity contribution is 0.0948. The number of amides is 2. The lowest BCUT2D eigenvalue weighted by Crippen LogP contribution is -2.22. The van der Waals surface area contributed by atoms with E-state index < -0.39 is 5.91 Å². The van der Waals surface area contributed by atoms with Crippen molar-refractivity contribution in [3.05, 3.63) is 70.2 Å². The minimum absolute atomic E-state index is 0.138. The first-order chi connectivity index (χ1) is 13.0. The van der Waals surface area contributed by atoms with E-state index in [0.29, 0.717) is 12.2 Å². The monoisotopic (exact) mass is 381 g/mol. The highest BCUT2D eigenvalue weighted by Gasteiger charge is 2.17. The Morgan fingerprint density at radius 3 is 2.19 bits per heavy atom. The van der Waals surface area contributed by atoms with Gasteiger partial charge in [0.2, 0.25) is 10.0 Å². The van der Waals surface area contributed by atoms with Gasteiger partial charge >= 0.3 is 0 Å². The molecule has 0 bridgehead atoms. The first kappa shape index (κ1) is 18.5. The largest absolute Gasteiger partial charge is 0.378 e. The van der Waals surface area contributed by atoms with Gasteiger partial charge in [-0.1, -0.05) is 41.7 Å². The molecule has 0 unspecified atom stereocenters. The third kappa shape index (κ3) is 4.89. The molecule has 0 saturated heterocycles. The molecule has 0 radical (unpaired) electrons. The van der Waals surface area contributed by atoms with Gasteiger partial charge in [-0.2, -0.15) is 0 Å². The molecule has 2 aromatic carbocycles. The summed E-state index contributed by atoms with van der Waals surface area (Å²) in [7, 11) is 3.94. The number of hydrogen-bond acceptors (Lipinski definition) is 6. The van der Waals surface area contributed by atoms with Crippen LogP contribution >= 0.6 is 11.3 Å². The summed E-state index contributed by atoms with van der Waals surface area (Å²) >= 11 is 0.957. The standard InChI is InChI=1S/C19H19N5O2S/c1-24(2)15-10-8-13(9-11-15)12-20-16(25)18-22-23-19(27-18)17(26)21-14-6-4-3-5-7-14/h3-11H,12H2,1-2H3,(H,20,25)(H,21,26). The zero-order chi connectivity index (χ0) is 19.2. The number of carbonyl (C=O) groups excluding carboxylic acids is 2. The molecule has 1 aromatic heterocycles. The number of aromatic nitrogens is 2. The van der Waals surface area contributed by atoms with Gasteiger partial charge < -0.3 is 15.5 Å². The second-order valence-corrected chi connectivity index (χ2v) is 6.95. The number of hydrogen-bond donors (Lipinski definition) is 2. The lowest BCUT2D eigenvalue weighted by Gasteiger charge is -2.12. The highest BCUT2D eigenvalue weighted by atomic mass is 32.1. The molecule has 0 aliphatic heterocycles. The fourth-order valence-corrected chi connectivity index (χ4v) is 2.94. The van der Waals surface area contributed by atoms with Crippen LogP contribution in [-0.2, 0) is 6.54 Å². The summed E-state index contributed by atoms with van der Waals surface area (Å²) in [4.78, 5) is 26.4. The molecular weight excluding hydrogens is 362 g/mol. The van der Waals surface area contributed by atoms with E-state index in [9.17, 15) is 9.59 Å². The van der Waals surface area contributed by atoms with E-state index in [4.69, 9.17) is 0 Å². The number of nitrogens with one attached hydrogen (secondary N) is 2. The van der Waals surface area contributed by atoms with Crippen molar-refractivity contribution in [2.24, 2.45) is 0 Å². The van der Waals surface area contributed by atoms with Gasteiger partial charge in [-0.3, -0.25) is 9.59 Å². The highest BCUT2D eigenvalue weighted by molar-refractivity contribution is 7.15. The average molecular weight is 381 g/mol. The Morgan fingerprint density at radius 2 is 1.56 bits per heavy atom. The maximum Gasteiger partial charge on any atom is 0.286 e. The molecule has 0 fully saturated rings. The third-order valence-corrected chi connectivity index (χ3v) is 4.67. The van der Waals surface area contributed by atoms with Crippen LogP contribution in [0.1, 0.15) is 25.2 Å². The summed E-state index contributed by atoms with van der Waals surface area (Å²) in [6.07, 6.45) is 0. The Labute approximate surface area is 161 Å². The van der Waals surface area contributed by atoms with Crippen LogP contribution in [0.3, 0.4) is 0 Å². The van der Waals surface area contributed by atoms with Gasteiger partial charge in [-0.15, -0.1) is 10.2 Å². The average Bonchev–Trinajstić information content (AvgIpc) is 3.18. The molecule has 1 heterocycles. The van der Waals surface area contributed by atoms with Gasteiger partial charge in [-0.25, -0.2) is 0 Å². The highest BCUT2D eigenvalue weighted by Crippen LogP contribution is 2.14. The summed E-state index contributed by atoms with van der Waals surface area (Å²) < 4.78 is 0. The van der Waals surface area contributed by atoms with Crippen molar-refractivity contribution in [2.75, 3.05) is 24.3 Å². The molecule has 8 heteroatoms. The Hall–Kier alpha value is -3.26. The van der Waals surface area contributed by atoms with Crippen LogP contribution in [-0.4, -0.2) is 36.1 Å². The molecule has 0 aliphatic rings. The van der Waals surface area contributed by atoms with Gasteiger partial charge in [0, 0.05) is 32.0 Å². The second-order valence-electron chi connectivity index (χ2n) is 5.98. The van der Waals surface area contributed by atoms with Crippen molar-refractivity contribution in [2.45, 2.75) is 6.54 Å². The minimum atomic E-state index is -0.392. The first-order valence-corrected chi connectivity index (χ1v) is 9.09. The van der Waals surface area contributed by atoms with E-state index in [0.717, 1.165) is 22.6 Å². The topological polar surface area (TPSA) is 87.2 Å². The van der Waals surface area contributed by atoms with Gasteiger partial charge in [-0.05, 0) is 29.8 Å². The third-order valence-electron chi connectivity index (χ3n) is 3.75. The Morgan fingerprint density at radius 1 is 0.926 bits per heavy atom. The molecular formula is C19H19N5O2S. The molecule has 7 nitrogen and oxygen atoms in total. The number of benzene rings is 2. The van der Waals surface area contributed by atoms with Gasteiger partial charge in [0.05, 0.1) is 0 Å². The molecule has 3 rings (SSSR count). The van der Waals surface area contributed by atoms with Crippen molar-refractivity contribution in [1.82, 2.24) is 15.5 Å². The van der Waals surface area contributed by atoms with Crippen LogP contribution in [0.5, 0.6) is 0 Å². The number of rotatable bonds is 6. The number of anilines is 2. The molecule has 0 aliphatic carbocycles. The number of nitrogens with zero attached hydrogens (tertiary/aromatic N) is 3. The van der Waals surface area contributed by atoms with Crippen LogP contribution in [0.25, 0.3) is 0 Å². The van der Waals surface area contributed by atoms with Gasteiger partial charge in [0.25, 0.3) is 11.8 Å². The fourth-order valence-electron chi connectivity index (χ4n) is 2.28. The van der Waals surface area contributed by atoms with Crippen molar-refractivity contribution in [3.63, 3.8) is 0 Å². The number of para-hydroxylation sites is 1. The molecule has 0 atom stereocenters. The van der Waals surface area contributed by atoms with Crippen LogP contribution in [0.2, 0.25) is 0 Å². The maximum atomic E-state index is 12.2. The molecule has 0 saturated carbocycles. The fraction of sp³-hybridized carbons (Fsp3) is 0.158. The molecule has 27 heavy (non-hydrogen) atoms. The van der Waals surface area contributed by atoms with Gasteiger partial charge in [0.15, 0.2) is 0 Å². The summed E-state index contributed by atoms with van der Waals surface area (Å²) in [6, 6.07) is 16.9. The normalized spacial score (nSPS) is 10.3. The van der Waals surface area contributed by atoms with Crippen LogP contribution in [0.15, 0.2) is 54.6 Å². The zero-order valence-corrected chi connectivity index (χ0v) is 15.8. The van der Waals surface area contributed by atoms with Gasteiger partial charge in [0.1, 0.15) is 0 Å². The Balaban J connectivity index is 1.57. The van der Waals surface area contributed by atoms with E-state index in [2.05, 4.69) is 20.8 Å². The quantitative estimate of drug-likeness (QED) is 0.686. The van der Waals surface area contributed by atoms with E-state index in [-0.39, 0.29) is 15.9 Å². The molecule has 138 valence electrons. The van der Waals surface area contributed by atoms with Crippen LogP contribution in [0, 0.1) is 0 Å². The lowest BCUT2D eigenvalue weighted by atomic mass is 10.2. The summed E-state index contributed by atoms with van der Waals surface area (Å²) in [5.74, 6) is -0.750. The van der Waals surface area contributed by atoms with Crippen LogP contribution < -0.4 is 15.5 Å². The van der Waals surface area contributed by atoms with Crippen molar-refractivity contribution in [1.29, 1.82) is 0 Å². The van der Waals surface area contributed by atoms with Crippen molar-refractivity contribution >= 4 is 34.5 Å². The van der Waals surface area contributed by atoms with E-state index in [1.807, 2.05) is 61.5 Å². The summed E-state index contributed by atoms with van der Waals surface area (Å²) in [5, 5.41) is 13.4. The second kappa shape index (κ2) is 8.41. The molecule has 0 spiro atoms. The predicted octanol–water partition coefficient (Wildman–Crippen LogP) is 2.79.